The zero-order valence-corrected chi connectivity index (χ0v) is 9.92. The molecule has 0 amide bonds. The number of nitrogens with one attached hydrogen (secondary N) is 1. The van der Waals surface area contributed by atoms with Crippen LogP contribution in [-0.4, -0.2) is 10.1 Å². The zero-order chi connectivity index (χ0) is 11.4. The number of thiazole rings is 1. The van der Waals surface area contributed by atoms with E-state index in [9.17, 15) is 0 Å². The summed E-state index contributed by atoms with van der Waals surface area (Å²) in [5.74, 6) is 0. The van der Waals surface area contributed by atoms with Gasteiger partial charge in [0.25, 0.3) is 0 Å². The maximum absolute atomic E-state index is 9.02. The molecule has 0 saturated carbocycles. The van der Waals surface area contributed by atoms with Crippen LogP contribution >= 0.6 is 11.3 Å². The number of aromatic nitrogens is 1. The molecule has 0 aliphatic heterocycles. The van der Waals surface area contributed by atoms with E-state index in [0.29, 0.717) is 0 Å². The van der Waals surface area contributed by atoms with Crippen LogP contribution < -0.4 is 5.32 Å². The molecule has 0 unspecified atom stereocenters. The summed E-state index contributed by atoms with van der Waals surface area (Å²) in [5.41, 5.74) is 3.13. The fourth-order valence-electron chi connectivity index (χ4n) is 1.45. The first kappa shape index (κ1) is 11.1. The Morgan fingerprint density at radius 1 is 1.38 bits per heavy atom. The van der Waals surface area contributed by atoms with E-state index in [-0.39, 0.29) is 6.61 Å². The molecule has 0 atom stereocenters. The number of hydrogen-bond acceptors (Lipinski definition) is 4. The molecule has 3 nitrogen and oxygen atoms in total. The lowest BCUT2D eigenvalue weighted by atomic mass is 10.1. The smallest absolute Gasteiger partial charge is 0.183 e. The highest BCUT2D eigenvalue weighted by Crippen LogP contribution is 2.15. The largest absolute Gasteiger partial charge is 0.392 e. The topological polar surface area (TPSA) is 45.1 Å². The number of aliphatic hydroxyl groups excluding tert-OH is 1. The Morgan fingerprint density at radius 3 is 2.88 bits per heavy atom. The van der Waals surface area contributed by atoms with E-state index in [1.54, 1.807) is 11.3 Å². The third-order valence-corrected chi connectivity index (χ3v) is 3.15. The molecule has 0 radical (unpaired) electrons. The van der Waals surface area contributed by atoms with E-state index in [4.69, 9.17) is 5.11 Å². The second-order valence-electron chi connectivity index (χ2n) is 3.63. The van der Waals surface area contributed by atoms with Crippen LogP contribution in [0.2, 0.25) is 0 Å². The van der Waals surface area contributed by atoms with E-state index in [2.05, 4.69) is 10.3 Å². The molecule has 0 fully saturated rings. The van der Waals surface area contributed by atoms with Crippen molar-refractivity contribution in [3.63, 3.8) is 0 Å². The molecule has 0 aliphatic rings. The third-order valence-electron chi connectivity index (χ3n) is 2.24. The van der Waals surface area contributed by atoms with Crippen LogP contribution in [0.5, 0.6) is 0 Å². The van der Waals surface area contributed by atoms with Gasteiger partial charge < -0.3 is 10.4 Å². The molecule has 0 bridgehead atoms. The van der Waals surface area contributed by atoms with Gasteiger partial charge in [-0.1, -0.05) is 24.3 Å². The summed E-state index contributed by atoms with van der Waals surface area (Å²) in [5, 5.41) is 15.2. The summed E-state index contributed by atoms with van der Waals surface area (Å²) in [6.07, 6.45) is 0. The Morgan fingerprint density at radius 2 is 2.19 bits per heavy atom. The SMILES string of the molecule is Cc1csc(NCc2cccc(CO)c2)n1. The van der Waals surface area contributed by atoms with Gasteiger partial charge in [-0.2, -0.15) is 0 Å². The highest BCUT2D eigenvalue weighted by molar-refractivity contribution is 7.13. The highest BCUT2D eigenvalue weighted by atomic mass is 32.1. The molecule has 1 aromatic heterocycles. The Kier molecular flexibility index (Phi) is 3.54. The van der Waals surface area contributed by atoms with Gasteiger partial charge >= 0.3 is 0 Å². The van der Waals surface area contributed by atoms with Crippen LogP contribution in [0.15, 0.2) is 29.6 Å². The van der Waals surface area contributed by atoms with Crippen molar-refractivity contribution in [1.82, 2.24) is 4.98 Å². The fraction of sp³-hybridized carbons (Fsp3) is 0.250. The normalized spacial score (nSPS) is 10.4. The molecule has 0 spiro atoms. The highest BCUT2D eigenvalue weighted by Gasteiger charge is 1.99. The van der Waals surface area contributed by atoms with Crippen LogP contribution in [0.25, 0.3) is 0 Å². The first-order valence-corrected chi connectivity index (χ1v) is 6.00. The second kappa shape index (κ2) is 5.09. The quantitative estimate of drug-likeness (QED) is 0.854. The number of hydrogen-bond donors (Lipinski definition) is 2. The van der Waals surface area contributed by atoms with Gasteiger partial charge in [-0.25, -0.2) is 4.98 Å². The molecule has 4 heteroatoms. The van der Waals surface area contributed by atoms with Gasteiger partial charge in [0.1, 0.15) is 0 Å². The van der Waals surface area contributed by atoms with Crippen molar-refractivity contribution in [1.29, 1.82) is 0 Å². The average Bonchev–Trinajstić information content (AvgIpc) is 2.73. The van der Waals surface area contributed by atoms with Crippen LogP contribution in [-0.2, 0) is 13.2 Å². The Balaban J connectivity index is 1.99. The standard InChI is InChI=1S/C12H14N2OS/c1-9-8-16-12(14-9)13-6-10-3-2-4-11(5-10)7-15/h2-5,8,15H,6-7H2,1H3,(H,13,14). The predicted octanol–water partition coefficient (Wildman–Crippen LogP) is 2.56. The van der Waals surface area contributed by atoms with Crippen molar-refractivity contribution in [3.05, 3.63) is 46.5 Å². The summed E-state index contributed by atoms with van der Waals surface area (Å²) in [4.78, 5) is 4.33. The number of nitrogens with zero attached hydrogens (tertiary/aromatic N) is 1. The maximum atomic E-state index is 9.02. The number of rotatable bonds is 4. The monoisotopic (exact) mass is 234 g/mol. The minimum Gasteiger partial charge on any atom is -0.392 e. The lowest BCUT2D eigenvalue weighted by Gasteiger charge is -2.04. The molecule has 2 aromatic rings. The Hall–Kier alpha value is -1.39. The Labute approximate surface area is 98.8 Å². The number of aryl methyl sites for hydroxylation is 1. The summed E-state index contributed by atoms with van der Waals surface area (Å²) in [6.45, 7) is 2.80. The molecule has 2 N–H and O–H groups in total. The first-order valence-electron chi connectivity index (χ1n) is 5.12. The molecule has 1 heterocycles. The Bertz CT molecular complexity index is 468. The molecular weight excluding hydrogens is 220 g/mol. The van der Waals surface area contributed by atoms with Crippen molar-refractivity contribution < 1.29 is 5.11 Å². The van der Waals surface area contributed by atoms with Crippen molar-refractivity contribution >= 4 is 16.5 Å². The second-order valence-corrected chi connectivity index (χ2v) is 4.48. The van der Waals surface area contributed by atoms with Gasteiger partial charge in [-0.3, -0.25) is 0 Å². The fourth-order valence-corrected chi connectivity index (χ4v) is 2.14. The van der Waals surface area contributed by atoms with Crippen LogP contribution in [0.3, 0.4) is 0 Å². The molecule has 1 aromatic carbocycles. The van der Waals surface area contributed by atoms with E-state index in [1.165, 1.54) is 0 Å². The van der Waals surface area contributed by atoms with Gasteiger partial charge in [0.05, 0.1) is 12.3 Å². The van der Waals surface area contributed by atoms with E-state index in [0.717, 1.165) is 28.5 Å². The molecular formula is C12H14N2OS. The van der Waals surface area contributed by atoms with E-state index in [1.807, 2.05) is 36.6 Å². The molecule has 2 rings (SSSR count). The average molecular weight is 234 g/mol. The van der Waals surface area contributed by atoms with Crippen LogP contribution in [0.4, 0.5) is 5.13 Å². The van der Waals surface area contributed by atoms with Crippen LogP contribution in [0, 0.1) is 6.92 Å². The van der Waals surface area contributed by atoms with Crippen LogP contribution in [0.1, 0.15) is 16.8 Å². The van der Waals surface area contributed by atoms with Gasteiger partial charge in [0, 0.05) is 11.9 Å². The predicted molar refractivity (Wildman–Crippen MR) is 66.5 cm³/mol. The van der Waals surface area contributed by atoms with Crippen molar-refractivity contribution in [2.24, 2.45) is 0 Å². The zero-order valence-electron chi connectivity index (χ0n) is 9.10. The lowest BCUT2D eigenvalue weighted by Crippen LogP contribution is -1.99. The van der Waals surface area contributed by atoms with Gasteiger partial charge in [0.2, 0.25) is 0 Å². The van der Waals surface area contributed by atoms with Gasteiger partial charge in [0.15, 0.2) is 5.13 Å². The summed E-state index contributed by atoms with van der Waals surface area (Å²) >= 11 is 1.61. The van der Waals surface area contributed by atoms with Crippen molar-refractivity contribution in [2.75, 3.05) is 5.32 Å². The molecule has 0 aliphatic carbocycles. The molecule has 0 saturated heterocycles. The summed E-state index contributed by atoms with van der Waals surface area (Å²) < 4.78 is 0. The number of anilines is 1. The van der Waals surface area contributed by atoms with Crippen molar-refractivity contribution in [3.8, 4) is 0 Å². The maximum Gasteiger partial charge on any atom is 0.183 e. The van der Waals surface area contributed by atoms with Gasteiger partial charge in [-0.15, -0.1) is 11.3 Å². The molecule has 84 valence electrons. The minimum absolute atomic E-state index is 0.0875. The minimum atomic E-state index is 0.0875. The van der Waals surface area contributed by atoms with Gasteiger partial charge in [-0.05, 0) is 18.1 Å². The third kappa shape index (κ3) is 2.81. The number of aliphatic hydroxyl groups is 1. The van der Waals surface area contributed by atoms with Crippen molar-refractivity contribution in [2.45, 2.75) is 20.1 Å². The van der Waals surface area contributed by atoms with E-state index < -0.39 is 0 Å². The summed E-state index contributed by atoms with van der Waals surface area (Å²) in [6, 6.07) is 7.90. The molecule has 16 heavy (non-hydrogen) atoms. The lowest BCUT2D eigenvalue weighted by molar-refractivity contribution is 0.281. The summed E-state index contributed by atoms with van der Waals surface area (Å²) in [7, 11) is 0. The van der Waals surface area contributed by atoms with E-state index >= 15 is 0 Å². The first-order chi connectivity index (χ1) is 7.78. The number of benzene rings is 1.